The highest BCUT2D eigenvalue weighted by molar-refractivity contribution is 7.99. The van der Waals surface area contributed by atoms with Crippen molar-refractivity contribution >= 4 is 11.8 Å². The molecule has 1 aromatic rings. The molecular weight excluding hydrogens is 289 g/mol. The highest BCUT2D eigenvalue weighted by Gasteiger charge is 2.30. The fourth-order valence-corrected chi connectivity index (χ4v) is 2.52. The Balaban J connectivity index is 2.51. The lowest BCUT2D eigenvalue weighted by atomic mass is 10.2. The number of aromatic nitrogens is 1. The summed E-state index contributed by atoms with van der Waals surface area (Å²) in [4.78, 5) is 3.81. The first-order valence-electron chi connectivity index (χ1n) is 6.47. The van der Waals surface area contributed by atoms with Gasteiger partial charge in [0, 0.05) is 24.6 Å². The first-order valence-corrected chi connectivity index (χ1v) is 7.46. The number of halogens is 3. The van der Waals surface area contributed by atoms with Crippen molar-refractivity contribution in [2.75, 3.05) is 18.9 Å². The van der Waals surface area contributed by atoms with Crippen molar-refractivity contribution in [3.05, 3.63) is 23.9 Å². The maximum absolute atomic E-state index is 12.4. The molecule has 1 rings (SSSR count). The van der Waals surface area contributed by atoms with Crippen LogP contribution in [0.1, 0.15) is 25.3 Å². The van der Waals surface area contributed by atoms with E-state index in [0.29, 0.717) is 17.2 Å². The summed E-state index contributed by atoms with van der Waals surface area (Å²) >= 11 is 1.39. The van der Waals surface area contributed by atoms with Gasteiger partial charge in [0.05, 0.1) is 10.6 Å². The molecule has 7 heteroatoms. The SMILES string of the molecule is CCCNC(CCO)CSc1ccc(C(F)(F)F)cn1. The number of thioether (sulfide) groups is 1. The third kappa shape index (κ3) is 6.11. The Morgan fingerprint density at radius 3 is 2.65 bits per heavy atom. The zero-order valence-electron chi connectivity index (χ0n) is 11.3. The molecule has 1 heterocycles. The topological polar surface area (TPSA) is 45.1 Å². The third-order valence-electron chi connectivity index (χ3n) is 2.66. The summed E-state index contributed by atoms with van der Waals surface area (Å²) in [5.41, 5.74) is -0.738. The van der Waals surface area contributed by atoms with Gasteiger partial charge >= 0.3 is 6.18 Å². The van der Waals surface area contributed by atoms with E-state index in [1.165, 1.54) is 17.8 Å². The molecule has 2 N–H and O–H groups in total. The monoisotopic (exact) mass is 308 g/mol. The molecule has 0 saturated carbocycles. The van der Waals surface area contributed by atoms with Crippen molar-refractivity contribution in [3.8, 4) is 0 Å². The van der Waals surface area contributed by atoms with Crippen LogP contribution in [0.2, 0.25) is 0 Å². The minimum atomic E-state index is -4.35. The van der Waals surface area contributed by atoms with Crippen LogP contribution < -0.4 is 5.32 Å². The van der Waals surface area contributed by atoms with Crippen molar-refractivity contribution in [1.82, 2.24) is 10.3 Å². The fourth-order valence-electron chi connectivity index (χ4n) is 1.57. The van der Waals surface area contributed by atoms with Crippen LogP contribution in [0.4, 0.5) is 13.2 Å². The molecule has 0 saturated heterocycles. The smallest absolute Gasteiger partial charge is 0.396 e. The number of pyridine rings is 1. The van der Waals surface area contributed by atoms with E-state index in [1.54, 1.807) is 0 Å². The molecule has 0 aliphatic heterocycles. The number of nitrogens with zero attached hydrogens (tertiary/aromatic N) is 1. The maximum atomic E-state index is 12.4. The number of aliphatic hydroxyl groups is 1. The molecule has 3 nitrogen and oxygen atoms in total. The van der Waals surface area contributed by atoms with Crippen molar-refractivity contribution in [2.45, 2.75) is 37.0 Å². The van der Waals surface area contributed by atoms with E-state index < -0.39 is 11.7 Å². The first-order chi connectivity index (χ1) is 9.47. The Morgan fingerprint density at radius 1 is 1.40 bits per heavy atom. The summed E-state index contributed by atoms with van der Waals surface area (Å²) in [6.07, 6.45) is -1.89. The Kier molecular flexibility index (Phi) is 7.32. The predicted octanol–water partition coefficient (Wildman–Crippen LogP) is 2.94. The average Bonchev–Trinajstić information content (AvgIpc) is 2.41. The molecule has 0 spiro atoms. The number of hydrogen-bond donors (Lipinski definition) is 2. The van der Waals surface area contributed by atoms with Crippen molar-refractivity contribution in [1.29, 1.82) is 0 Å². The van der Waals surface area contributed by atoms with Gasteiger partial charge in [0.2, 0.25) is 0 Å². The second kappa shape index (κ2) is 8.49. The molecule has 0 aliphatic carbocycles. The van der Waals surface area contributed by atoms with E-state index in [9.17, 15) is 13.2 Å². The van der Waals surface area contributed by atoms with Crippen molar-refractivity contribution in [3.63, 3.8) is 0 Å². The second-order valence-corrected chi connectivity index (χ2v) is 5.40. The van der Waals surface area contributed by atoms with Crippen LogP contribution >= 0.6 is 11.8 Å². The van der Waals surface area contributed by atoms with Gasteiger partial charge in [-0.15, -0.1) is 11.8 Å². The van der Waals surface area contributed by atoms with Gasteiger partial charge in [0.25, 0.3) is 0 Å². The molecule has 0 fully saturated rings. The second-order valence-electron chi connectivity index (χ2n) is 4.36. The zero-order chi connectivity index (χ0) is 15.0. The minimum absolute atomic E-state index is 0.0857. The Bertz CT molecular complexity index is 384. The Labute approximate surface area is 121 Å². The van der Waals surface area contributed by atoms with Gasteiger partial charge in [-0.3, -0.25) is 0 Å². The predicted molar refractivity (Wildman–Crippen MR) is 73.7 cm³/mol. The Morgan fingerprint density at radius 2 is 2.15 bits per heavy atom. The lowest BCUT2D eigenvalue weighted by Gasteiger charge is -2.16. The molecule has 20 heavy (non-hydrogen) atoms. The highest BCUT2D eigenvalue weighted by Crippen LogP contribution is 2.29. The quantitative estimate of drug-likeness (QED) is 0.725. The van der Waals surface area contributed by atoms with Gasteiger partial charge < -0.3 is 10.4 Å². The van der Waals surface area contributed by atoms with E-state index in [4.69, 9.17) is 5.11 Å². The molecule has 1 atom stereocenters. The summed E-state index contributed by atoms with van der Waals surface area (Å²) in [6.45, 7) is 2.99. The van der Waals surface area contributed by atoms with E-state index >= 15 is 0 Å². The molecule has 0 radical (unpaired) electrons. The summed E-state index contributed by atoms with van der Waals surface area (Å²) in [6, 6.07) is 2.55. The van der Waals surface area contributed by atoms with E-state index in [0.717, 1.165) is 25.2 Å². The molecule has 0 aliphatic rings. The van der Waals surface area contributed by atoms with Crippen LogP contribution in [0, 0.1) is 0 Å². The highest BCUT2D eigenvalue weighted by atomic mass is 32.2. The average molecular weight is 308 g/mol. The molecule has 0 amide bonds. The van der Waals surface area contributed by atoms with Crippen LogP contribution in [0.3, 0.4) is 0 Å². The molecule has 1 aromatic heterocycles. The van der Waals surface area contributed by atoms with Gasteiger partial charge in [-0.2, -0.15) is 13.2 Å². The van der Waals surface area contributed by atoms with Crippen LogP contribution in [0.15, 0.2) is 23.4 Å². The van der Waals surface area contributed by atoms with Crippen LogP contribution in [0.25, 0.3) is 0 Å². The van der Waals surface area contributed by atoms with E-state index in [-0.39, 0.29) is 12.6 Å². The van der Waals surface area contributed by atoms with E-state index in [1.807, 2.05) is 6.92 Å². The largest absolute Gasteiger partial charge is 0.417 e. The molecular formula is C13H19F3N2OS. The number of rotatable bonds is 8. The lowest BCUT2D eigenvalue weighted by Crippen LogP contribution is -2.32. The van der Waals surface area contributed by atoms with Gasteiger partial charge in [-0.25, -0.2) is 4.98 Å². The lowest BCUT2D eigenvalue weighted by molar-refractivity contribution is -0.137. The fraction of sp³-hybridized carbons (Fsp3) is 0.615. The maximum Gasteiger partial charge on any atom is 0.417 e. The minimum Gasteiger partial charge on any atom is -0.396 e. The summed E-state index contributed by atoms with van der Waals surface area (Å²) in [7, 11) is 0. The molecule has 114 valence electrons. The van der Waals surface area contributed by atoms with Gasteiger partial charge in [0.15, 0.2) is 0 Å². The zero-order valence-corrected chi connectivity index (χ0v) is 12.1. The first kappa shape index (κ1) is 17.3. The normalized spacial score (nSPS) is 13.4. The number of alkyl halides is 3. The Hall–Kier alpha value is -0.790. The van der Waals surface area contributed by atoms with Crippen LogP contribution in [-0.4, -0.2) is 35.0 Å². The van der Waals surface area contributed by atoms with Crippen molar-refractivity contribution in [2.24, 2.45) is 0 Å². The van der Waals surface area contributed by atoms with Gasteiger partial charge in [-0.1, -0.05) is 6.92 Å². The third-order valence-corrected chi connectivity index (χ3v) is 3.76. The van der Waals surface area contributed by atoms with Crippen LogP contribution in [-0.2, 0) is 6.18 Å². The summed E-state index contributed by atoms with van der Waals surface area (Å²) < 4.78 is 37.2. The molecule has 0 bridgehead atoms. The number of aliphatic hydroxyl groups excluding tert-OH is 1. The van der Waals surface area contributed by atoms with Crippen molar-refractivity contribution < 1.29 is 18.3 Å². The molecule has 0 aromatic carbocycles. The molecule has 1 unspecified atom stereocenters. The van der Waals surface area contributed by atoms with E-state index in [2.05, 4.69) is 10.3 Å². The van der Waals surface area contributed by atoms with Crippen LogP contribution in [0.5, 0.6) is 0 Å². The van der Waals surface area contributed by atoms with Gasteiger partial charge in [0.1, 0.15) is 0 Å². The number of nitrogens with one attached hydrogen (secondary N) is 1. The number of hydrogen-bond acceptors (Lipinski definition) is 4. The standard InChI is InChI=1S/C13H19F3N2OS/c1-2-6-17-11(5-7-19)9-20-12-4-3-10(8-18-12)13(14,15)16/h3-4,8,11,17,19H,2,5-7,9H2,1H3. The van der Waals surface area contributed by atoms with Gasteiger partial charge in [-0.05, 0) is 31.5 Å². The summed E-state index contributed by atoms with van der Waals surface area (Å²) in [5.74, 6) is 0.666. The summed E-state index contributed by atoms with van der Waals surface area (Å²) in [5, 5.41) is 12.8.